The van der Waals surface area contributed by atoms with Gasteiger partial charge in [0.15, 0.2) is 12.4 Å². The Morgan fingerprint density at radius 2 is 1.04 bits per heavy atom. The van der Waals surface area contributed by atoms with E-state index in [1.54, 1.807) is 0 Å². The average molecular weight is 312 g/mol. The summed E-state index contributed by atoms with van der Waals surface area (Å²) in [6.45, 7) is 0. The van der Waals surface area contributed by atoms with E-state index in [9.17, 15) is 0 Å². The molecule has 0 N–H and O–H groups in total. The van der Waals surface area contributed by atoms with Crippen LogP contribution in [0.2, 0.25) is 0 Å². The number of benzene rings is 2. The second kappa shape index (κ2) is 5.89. The molecule has 0 aliphatic carbocycles. The number of fused-ring (bicyclic) bond motifs is 1. The Kier molecular flexibility index (Phi) is 3.58. The molecule has 0 spiro atoms. The number of rotatable bonds is 2. The molecular weight excluding hydrogens is 292 g/mol. The lowest BCUT2D eigenvalue weighted by atomic mass is 9.95. The van der Waals surface area contributed by atoms with Crippen molar-refractivity contribution in [1.82, 2.24) is 0 Å². The zero-order valence-electron chi connectivity index (χ0n) is 14.0. The first kappa shape index (κ1) is 14.6. The van der Waals surface area contributed by atoms with Crippen LogP contribution in [0.5, 0.6) is 0 Å². The topological polar surface area (TPSA) is 7.76 Å². The van der Waals surface area contributed by atoms with Crippen LogP contribution in [-0.4, -0.2) is 0 Å². The van der Waals surface area contributed by atoms with E-state index >= 15 is 0 Å². The van der Waals surface area contributed by atoms with Crippen molar-refractivity contribution in [2.24, 2.45) is 14.1 Å². The van der Waals surface area contributed by atoms with Crippen LogP contribution in [0.1, 0.15) is 0 Å². The third kappa shape index (κ3) is 2.37. The van der Waals surface area contributed by atoms with Gasteiger partial charge in [0.05, 0.1) is 11.1 Å². The Bertz CT molecular complexity index is 954. The van der Waals surface area contributed by atoms with Gasteiger partial charge in [0.2, 0.25) is 11.4 Å². The van der Waals surface area contributed by atoms with E-state index in [0.29, 0.717) is 0 Å². The van der Waals surface area contributed by atoms with Gasteiger partial charge in [-0.05, 0) is 29.7 Å². The molecule has 0 atom stereocenters. The molecule has 24 heavy (non-hydrogen) atoms. The Morgan fingerprint density at radius 3 is 1.50 bits per heavy atom. The van der Waals surface area contributed by atoms with E-state index < -0.39 is 0 Å². The Labute approximate surface area is 142 Å². The van der Waals surface area contributed by atoms with Gasteiger partial charge in [-0.15, -0.1) is 0 Å². The van der Waals surface area contributed by atoms with E-state index in [0.717, 1.165) is 0 Å². The van der Waals surface area contributed by atoms with Crippen LogP contribution in [0.4, 0.5) is 0 Å². The summed E-state index contributed by atoms with van der Waals surface area (Å²) in [4.78, 5) is 0. The molecule has 0 aliphatic rings. The van der Waals surface area contributed by atoms with Gasteiger partial charge in [-0.25, -0.2) is 9.13 Å². The number of hydrogen-bond donors (Lipinski definition) is 0. The van der Waals surface area contributed by atoms with Crippen molar-refractivity contribution in [3.63, 3.8) is 0 Å². The maximum absolute atomic E-state index is 2.21. The lowest BCUT2D eigenvalue weighted by Gasteiger charge is -2.09. The number of aryl methyl sites for hydroxylation is 2. The second-order valence-electron chi connectivity index (χ2n) is 6.10. The lowest BCUT2D eigenvalue weighted by molar-refractivity contribution is -0.660. The fourth-order valence-corrected chi connectivity index (χ4v) is 3.37. The third-order valence-electron chi connectivity index (χ3n) is 4.57. The molecule has 0 bridgehead atoms. The second-order valence-corrected chi connectivity index (χ2v) is 6.10. The largest absolute Gasteiger partial charge is 0.212 e. The molecule has 0 radical (unpaired) electrons. The van der Waals surface area contributed by atoms with Crippen molar-refractivity contribution in [1.29, 1.82) is 0 Å². The summed E-state index contributed by atoms with van der Waals surface area (Å²) >= 11 is 0. The number of nitrogens with zero attached hydrogens (tertiary/aromatic N) is 2. The first-order chi connectivity index (χ1) is 11.8. The minimum absolute atomic E-state index is 1.22. The SMILES string of the molecule is C[n+]1ccccc1-c1cccc2cccc(-c3cccc[n+]3C)c12. The maximum Gasteiger partial charge on any atom is 0.212 e. The van der Waals surface area contributed by atoms with Crippen molar-refractivity contribution in [2.45, 2.75) is 0 Å². The van der Waals surface area contributed by atoms with E-state index in [4.69, 9.17) is 0 Å². The van der Waals surface area contributed by atoms with Gasteiger partial charge in [-0.3, -0.25) is 0 Å². The van der Waals surface area contributed by atoms with Crippen molar-refractivity contribution < 1.29 is 9.13 Å². The molecule has 0 unspecified atom stereocenters. The molecular formula is C22H20N2+2. The average Bonchev–Trinajstić information content (AvgIpc) is 2.62. The fraction of sp³-hybridized carbons (Fsp3) is 0.0909. The minimum atomic E-state index is 1.22. The van der Waals surface area contributed by atoms with Gasteiger partial charge >= 0.3 is 0 Å². The van der Waals surface area contributed by atoms with Crippen LogP contribution in [0.25, 0.3) is 33.3 Å². The summed E-state index contributed by atoms with van der Waals surface area (Å²) in [5.41, 5.74) is 4.95. The van der Waals surface area contributed by atoms with Crippen molar-refractivity contribution in [2.75, 3.05) is 0 Å². The fourth-order valence-electron chi connectivity index (χ4n) is 3.37. The first-order valence-corrected chi connectivity index (χ1v) is 8.17. The van der Waals surface area contributed by atoms with Gasteiger partial charge in [0.25, 0.3) is 0 Å². The van der Waals surface area contributed by atoms with E-state index in [2.05, 4.69) is 108 Å². The highest BCUT2D eigenvalue weighted by molar-refractivity contribution is 6.04. The number of hydrogen-bond acceptors (Lipinski definition) is 0. The molecule has 116 valence electrons. The summed E-state index contributed by atoms with van der Waals surface area (Å²) in [6, 6.07) is 25.8. The number of aromatic nitrogens is 2. The van der Waals surface area contributed by atoms with E-state index in [1.807, 2.05) is 0 Å². The summed E-state index contributed by atoms with van der Waals surface area (Å²) < 4.78 is 4.35. The first-order valence-electron chi connectivity index (χ1n) is 8.17. The molecule has 0 saturated carbocycles. The van der Waals surface area contributed by atoms with Crippen molar-refractivity contribution >= 4 is 10.8 Å². The third-order valence-corrected chi connectivity index (χ3v) is 4.57. The van der Waals surface area contributed by atoms with Gasteiger partial charge in [0.1, 0.15) is 14.1 Å². The molecule has 2 aromatic carbocycles. The smallest absolute Gasteiger partial charge is 0.201 e. The van der Waals surface area contributed by atoms with Crippen LogP contribution in [0.3, 0.4) is 0 Å². The Balaban J connectivity index is 2.11. The molecule has 2 nitrogen and oxygen atoms in total. The van der Waals surface area contributed by atoms with Crippen LogP contribution < -0.4 is 9.13 Å². The Hall–Kier alpha value is -3.00. The summed E-state index contributed by atoms with van der Waals surface area (Å²) in [5, 5.41) is 2.56. The number of pyridine rings is 2. The minimum Gasteiger partial charge on any atom is -0.201 e. The molecule has 0 aliphatic heterocycles. The van der Waals surface area contributed by atoms with Crippen LogP contribution >= 0.6 is 0 Å². The van der Waals surface area contributed by atoms with Crippen molar-refractivity contribution in [3.05, 3.63) is 85.2 Å². The van der Waals surface area contributed by atoms with Gasteiger partial charge < -0.3 is 0 Å². The zero-order chi connectivity index (χ0) is 16.5. The van der Waals surface area contributed by atoms with Crippen LogP contribution in [0, 0.1) is 0 Å². The highest BCUT2D eigenvalue weighted by atomic mass is 14.9. The summed E-state index contributed by atoms with van der Waals surface area (Å²) in [5.74, 6) is 0. The summed E-state index contributed by atoms with van der Waals surface area (Å²) in [7, 11) is 4.19. The summed E-state index contributed by atoms with van der Waals surface area (Å²) in [6.07, 6.45) is 4.19. The molecule has 0 amide bonds. The molecule has 4 rings (SSSR count). The molecule has 4 aromatic rings. The standard InChI is InChI=1S/C22H20N2/c1-23-15-5-3-13-20(23)18-11-7-9-17-10-8-12-19(22(17)18)21-14-4-6-16-24(21)2/h3-16H,1-2H3/q+2. The van der Waals surface area contributed by atoms with Crippen LogP contribution in [-0.2, 0) is 14.1 Å². The molecule has 2 aromatic heterocycles. The van der Waals surface area contributed by atoms with Crippen molar-refractivity contribution in [3.8, 4) is 22.5 Å². The van der Waals surface area contributed by atoms with Gasteiger partial charge in [-0.1, -0.05) is 24.3 Å². The lowest BCUT2D eigenvalue weighted by Crippen LogP contribution is -2.30. The molecule has 0 fully saturated rings. The Morgan fingerprint density at radius 1 is 0.542 bits per heavy atom. The van der Waals surface area contributed by atoms with Gasteiger partial charge in [-0.2, -0.15) is 0 Å². The van der Waals surface area contributed by atoms with Crippen LogP contribution in [0.15, 0.2) is 85.2 Å². The molecule has 2 heteroatoms. The quantitative estimate of drug-likeness (QED) is 0.497. The molecule has 2 heterocycles. The van der Waals surface area contributed by atoms with E-state index in [-0.39, 0.29) is 0 Å². The zero-order valence-corrected chi connectivity index (χ0v) is 14.0. The van der Waals surface area contributed by atoms with Gasteiger partial charge in [0, 0.05) is 29.7 Å². The highest BCUT2D eigenvalue weighted by Crippen LogP contribution is 2.34. The molecule has 0 saturated heterocycles. The maximum atomic E-state index is 2.21. The predicted molar refractivity (Wildman–Crippen MR) is 97.2 cm³/mol. The monoisotopic (exact) mass is 312 g/mol. The normalized spacial score (nSPS) is 10.9. The van der Waals surface area contributed by atoms with E-state index in [1.165, 1.54) is 33.3 Å². The predicted octanol–water partition coefficient (Wildman–Crippen LogP) is 3.82. The highest BCUT2D eigenvalue weighted by Gasteiger charge is 2.18.